The summed E-state index contributed by atoms with van der Waals surface area (Å²) in [4.78, 5) is 4.35. The van der Waals surface area contributed by atoms with Gasteiger partial charge in [0, 0.05) is 6.21 Å². The normalized spacial score (nSPS) is 9.87. The zero-order valence-corrected chi connectivity index (χ0v) is 8.30. The molecule has 0 spiro atoms. The molecule has 0 saturated carbocycles. The molecular formula is C13H13NO. The van der Waals surface area contributed by atoms with Crippen LogP contribution in [0.2, 0.25) is 0 Å². The van der Waals surface area contributed by atoms with Crippen molar-refractivity contribution < 1.29 is 5.48 Å². The molecule has 2 aromatic carbocycles. The van der Waals surface area contributed by atoms with E-state index in [1.54, 1.807) is 0 Å². The van der Waals surface area contributed by atoms with E-state index in [1.165, 1.54) is 0 Å². The number of hydrogen-bond acceptors (Lipinski definition) is 1. The molecule has 76 valence electrons. The van der Waals surface area contributed by atoms with E-state index in [1.807, 2.05) is 66.9 Å². The lowest BCUT2D eigenvalue weighted by molar-refractivity contribution is 0.824. The van der Waals surface area contributed by atoms with E-state index in [2.05, 4.69) is 4.99 Å². The van der Waals surface area contributed by atoms with Crippen molar-refractivity contribution in [3.05, 3.63) is 66.2 Å². The lowest BCUT2D eigenvalue weighted by Crippen LogP contribution is -1.77. The highest BCUT2D eigenvalue weighted by Gasteiger charge is 1.85. The number of aliphatic imine (C=N–C) groups is 1. The Hall–Kier alpha value is -1.93. The van der Waals surface area contributed by atoms with E-state index >= 15 is 0 Å². The smallest absolute Gasteiger partial charge is 0.0629 e. The molecule has 2 heteroatoms. The van der Waals surface area contributed by atoms with Crippen LogP contribution >= 0.6 is 0 Å². The molecule has 0 heterocycles. The molecule has 0 radical (unpaired) electrons. The molecule has 15 heavy (non-hydrogen) atoms. The molecule has 2 N–H and O–H groups in total. The lowest BCUT2D eigenvalue weighted by Gasteiger charge is -1.92. The van der Waals surface area contributed by atoms with Crippen LogP contribution in [-0.4, -0.2) is 11.7 Å². The highest BCUT2D eigenvalue weighted by molar-refractivity contribution is 5.81. The largest absolute Gasteiger partial charge is 0.412 e. The second-order valence-corrected chi connectivity index (χ2v) is 3.00. The summed E-state index contributed by atoms with van der Waals surface area (Å²) in [7, 11) is 0. The number of rotatable bonds is 2. The summed E-state index contributed by atoms with van der Waals surface area (Å²) in [5.74, 6) is 0. The van der Waals surface area contributed by atoms with Crippen molar-refractivity contribution in [2.45, 2.75) is 0 Å². The molecule has 0 atom stereocenters. The Labute approximate surface area is 89.2 Å². The van der Waals surface area contributed by atoms with Crippen molar-refractivity contribution >= 4 is 11.9 Å². The van der Waals surface area contributed by atoms with Gasteiger partial charge in [0.2, 0.25) is 0 Å². The molecule has 0 saturated heterocycles. The Balaban J connectivity index is 0.00000112. The van der Waals surface area contributed by atoms with Crippen LogP contribution in [-0.2, 0) is 0 Å². The molecule has 0 aliphatic heterocycles. The van der Waals surface area contributed by atoms with E-state index in [-0.39, 0.29) is 5.48 Å². The standard InChI is InChI=1S/C13H11N.H2O/c1-3-7-12(8-4-1)11-14-13-9-5-2-6-10-13;/h1-11H;1H2/b14-11+;. The first-order valence-electron chi connectivity index (χ1n) is 4.59. The molecule has 0 aliphatic carbocycles. The van der Waals surface area contributed by atoms with E-state index in [0.717, 1.165) is 11.3 Å². The predicted molar refractivity (Wildman–Crippen MR) is 63.8 cm³/mol. The highest BCUT2D eigenvalue weighted by Crippen LogP contribution is 2.09. The Morgan fingerprint density at radius 3 is 1.87 bits per heavy atom. The molecule has 2 aromatic rings. The summed E-state index contributed by atoms with van der Waals surface area (Å²) in [6, 6.07) is 20.0. The summed E-state index contributed by atoms with van der Waals surface area (Å²) < 4.78 is 0. The lowest BCUT2D eigenvalue weighted by atomic mass is 10.2. The minimum atomic E-state index is 0. The zero-order chi connectivity index (χ0) is 9.64. The van der Waals surface area contributed by atoms with E-state index in [0.29, 0.717) is 0 Å². The van der Waals surface area contributed by atoms with Gasteiger partial charge in [0.25, 0.3) is 0 Å². The molecule has 0 bridgehead atoms. The number of nitrogens with zero attached hydrogens (tertiary/aromatic N) is 1. The second-order valence-electron chi connectivity index (χ2n) is 3.00. The quantitative estimate of drug-likeness (QED) is 0.667. The minimum absolute atomic E-state index is 0. The average molecular weight is 199 g/mol. The number of hydrogen-bond donors (Lipinski definition) is 0. The van der Waals surface area contributed by atoms with Gasteiger partial charge < -0.3 is 5.48 Å². The van der Waals surface area contributed by atoms with Crippen LogP contribution in [0, 0.1) is 0 Å². The fourth-order valence-corrected chi connectivity index (χ4v) is 1.20. The molecule has 0 aliphatic rings. The first-order valence-corrected chi connectivity index (χ1v) is 4.59. The Morgan fingerprint density at radius 1 is 0.733 bits per heavy atom. The van der Waals surface area contributed by atoms with E-state index in [4.69, 9.17) is 0 Å². The van der Waals surface area contributed by atoms with E-state index in [9.17, 15) is 0 Å². The molecule has 0 aromatic heterocycles. The van der Waals surface area contributed by atoms with Crippen LogP contribution in [0.1, 0.15) is 5.56 Å². The van der Waals surface area contributed by atoms with Gasteiger partial charge in [0.15, 0.2) is 0 Å². The summed E-state index contributed by atoms with van der Waals surface area (Å²) >= 11 is 0. The van der Waals surface area contributed by atoms with E-state index < -0.39 is 0 Å². The first kappa shape index (κ1) is 11.1. The Bertz CT molecular complexity index is 368. The van der Waals surface area contributed by atoms with Crippen molar-refractivity contribution in [1.29, 1.82) is 0 Å². The van der Waals surface area contributed by atoms with Crippen LogP contribution in [0.15, 0.2) is 65.7 Å². The fourth-order valence-electron chi connectivity index (χ4n) is 1.20. The van der Waals surface area contributed by atoms with Crippen LogP contribution in [0.25, 0.3) is 0 Å². The van der Waals surface area contributed by atoms with Crippen molar-refractivity contribution in [2.75, 3.05) is 0 Å². The average Bonchev–Trinajstić information content (AvgIpc) is 2.29. The Kier molecular flexibility index (Phi) is 4.26. The van der Waals surface area contributed by atoms with Crippen LogP contribution in [0.3, 0.4) is 0 Å². The summed E-state index contributed by atoms with van der Waals surface area (Å²) in [5, 5.41) is 0. The third kappa shape index (κ3) is 3.37. The van der Waals surface area contributed by atoms with Gasteiger partial charge in [-0.3, -0.25) is 4.99 Å². The van der Waals surface area contributed by atoms with Crippen molar-refractivity contribution in [3.8, 4) is 0 Å². The van der Waals surface area contributed by atoms with Gasteiger partial charge in [0.05, 0.1) is 5.69 Å². The number of para-hydroxylation sites is 1. The fraction of sp³-hybridized carbons (Fsp3) is 0. The van der Waals surface area contributed by atoms with Gasteiger partial charge in [-0.05, 0) is 17.7 Å². The van der Waals surface area contributed by atoms with Crippen LogP contribution in [0.5, 0.6) is 0 Å². The molecule has 2 rings (SSSR count). The first-order chi connectivity index (χ1) is 6.95. The van der Waals surface area contributed by atoms with Crippen molar-refractivity contribution in [2.24, 2.45) is 4.99 Å². The molecule has 0 unspecified atom stereocenters. The topological polar surface area (TPSA) is 43.9 Å². The van der Waals surface area contributed by atoms with Gasteiger partial charge in [-0.25, -0.2) is 0 Å². The summed E-state index contributed by atoms with van der Waals surface area (Å²) in [6.45, 7) is 0. The monoisotopic (exact) mass is 199 g/mol. The van der Waals surface area contributed by atoms with Gasteiger partial charge >= 0.3 is 0 Å². The minimum Gasteiger partial charge on any atom is -0.412 e. The maximum Gasteiger partial charge on any atom is 0.0629 e. The summed E-state index contributed by atoms with van der Waals surface area (Å²) in [6.07, 6.45) is 1.87. The van der Waals surface area contributed by atoms with Gasteiger partial charge in [-0.15, -0.1) is 0 Å². The van der Waals surface area contributed by atoms with Crippen LogP contribution in [0.4, 0.5) is 5.69 Å². The molecular weight excluding hydrogens is 186 g/mol. The third-order valence-electron chi connectivity index (χ3n) is 1.92. The maximum atomic E-state index is 4.35. The van der Waals surface area contributed by atoms with Gasteiger partial charge in [0.1, 0.15) is 0 Å². The highest BCUT2D eigenvalue weighted by atomic mass is 16.0. The third-order valence-corrected chi connectivity index (χ3v) is 1.92. The maximum absolute atomic E-state index is 4.35. The molecule has 2 nitrogen and oxygen atoms in total. The second kappa shape index (κ2) is 5.73. The number of benzene rings is 2. The van der Waals surface area contributed by atoms with Crippen molar-refractivity contribution in [1.82, 2.24) is 0 Å². The van der Waals surface area contributed by atoms with Gasteiger partial charge in [-0.2, -0.15) is 0 Å². The summed E-state index contributed by atoms with van der Waals surface area (Å²) in [5.41, 5.74) is 2.10. The molecule has 0 fully saturated rings. The van der Waals surface area contributed by atoms with Crippen molar-refractivity contribution in [3.63, 3.8) is 0 Å². The predicted octanol–water partition coefficient (Wildman–Crippen LogP) is 2.61. The SMILES string of the molecule is C(=N\c1ccccc1)/c1ccccc1.O. The molecule has 0 amide bonds. The zero-order valence-electron chi connectivity index (χ0n) is 8.30. The van der Waals surface area contributed by atoms with Crippen LogP contribution < -0.4 is 0 Å². The Morgan fingerprint density at radius 2 is 1.27 bits per heavy atom. The van der Waals surface area contributed by atoms with Gasteiger partial charge in [-0.1, -0.05) is 48.5 Å².